The number of hydrogen-bond donors (Lipinski definition) is 3. The van der Waals surface area contributed by atoms with Crippen LogP contribution in [0.4, 0.5) is 0 Å². The Hall–Kier alpha value is -2.77. The summed E-state index contributed by atoms with van der Waals surface area (Å²) in [6, 6.07) is 22.6. The first-order valence-corrected chi connectivity index (χ1v) is 15.6. The van der Waals surface area contributed by atoms with Gasteiger partial charge in [0.1, 0.15) is 0 Å². The summed E-state index contributed by atoms with van der Waals surface area (Å²) in [4.78, 5) is 18.4. The van der Waals surface area contributed by atoms with Gasteiger partial charge in [-0.1, -0.05) is 66.2 Å². The molecule has 6 nitrogen and oxygen atoms in total. The molecule has 2 fully saturated rings. The van der Waals surface area contributed by atoms with Crippen LogP contribution >= 0.6 is 0 Å². The predicted octanol–water partition coefficient (Wildman–Crippen LogP) is 4.20. The highest BCUT2D eigenvalue weighted by Crippen LogP contribution is 2.23. The summed E-state index contributed by atoms with van der Waals surface area (Å²) in [5.74, 6) is 0.229. The lowest BCUT2D eigenvalue weighted by atomic mass is 9.97. The molecule has 0 bridgehead atoms. The number of amides is 1. The van der Waals surface area contributed by atoms with E-state index in [1.165, 1.54) is 33.9 Å². The van der Waals surface area contributed by atoms with Gasteiger partial charge in [-0.25, -0.2) is 0 Å². The van der Waals surface area contributed by atoms with Gasteiger partial charge in [-0.3, -0.25) is 9.69 Å². The second-order valence-corrected chi connectivity index (χ2v) is 12.5. The molecule has 0 saturated carbocycles. The first-order chi connectivity index (χ1) is 19.9. The number of nitrogens with zero attached hydrogens (tertiary/aromatic N) is 2. The Morgan fingerprint density at radius 3 is 2.68 bits per heavy atom. The molecule has 4 unspecified atom stereocenters. The van der Waals surface area contributed by atoms with Crippen molar-refractivity contribution in [3.05, 3.63) is 82.9 Å². The topological polar surface area (TPSA) is 73.6 Å². The highest BCUT2D eigenvalue weighted by molar-refractivity contribution is 5.85. The number of carbonyl (C=O) groups excluding carboxylic acids is 1. The van der Waals surface area contributed by atoms with Gasteiger partial charge in [0.15, 0.2) is 0 Å². The van der Waals surface area contributed by atoms with Gasteiger partial charge in [-0.2, -0.15) is 0 Å². The minimum Gasteiger partial charge on any atom is -0.337 e. The number of aryl methyl sites for hydroxylation is 2. The van der Waals surface area contributed by atoms with Gasteiger partial charge in [0, 0.05) is 50.3 Å². The number of rotatable bonds is 11. The molecule has 2 saturated heterocycles. The van der Waals surface area contributed by atoms with Crippen LogP contribution in [-0.4, -0.2) is 79.1 Å². The minimum absolute atomic E-state index is 0.0636. The fourth-order valence-electron chi connectivity index (χ4n) is 6.78. The average molecular weight is 556 g/mol. The molecule has 2 aliphatic rings. The molecule has 0 radical (unpaired) electrons. The van der Waals surface area contributed by atoms with E-state index in [0.29, 0.717) is 18.5 Å². The summed E-state index contributed by atoms with van der Waals surface area (Å²) in [6.45, 7) is 12.2. The van der Waals surface area contributed by atoms with Crippen LogP contribution in [-0.2, 0) is 17.6 Å². The van der Waals surface area contributed by atoms with Crippen LogP contribution in [0.25, 0.3) is 10.8 Å². The molecule has 4 atom stereocenters. The zero-order valence-electron chi connectivity index (χ0n) is 25.2. The van der Waals surface area contributed by atoms with Crippen LogP contribution in [0.15, 0.2) is 60.7 Å². The molecular weight excluding hydrogens is 506 g/mol. The Balaban J connectivity index is 1.23. The molecular formula is C35H49N5O. The fraction of sp³-hybridized carbons (Fsp3) is 0.514. The van der Waals surface area contributed by atoms with Gasteiger partial charge < -0.3 is 21.3 Å². The highest BCUT2D eigenvalue weighted by Gasteiger charge is 2.34. The van der Waals surface area contributed by atoms with Gasteiger partial charge in [0.25, 0.3) is 0 Å². The highest BCUT2D eigenvalue weighted by atomic mass is 16.2. The van der Waals surface area contributed by atoms with Gasteiger partial charge in [0.05, 0.1) is 6.42 Å². The summed E-state index contributed by atoms with van der Waals surface area (Å²) in [5, 5.41) is 9.57. The lowest BCUT2D eigenvalue weighted by molar-refractivity contribution is -0.136. The number of piperazine rings is 1. The molecule has 4 N–H and O–H groups in total. The normalized spacial score (nSPS) is 22.3. The van der Waals surface area contributed by atoms with Crippen molar-refractivity contribution in [1.29, 1.82) is 0 Å². The number of fused-ring (bicyclic) bond motifs is 1. The van der Waals surface area contributed by atoms with Crippen molar-refractivity contribution in [2.45, 2.75) is 77.0 Å². The molecule has 220 valence electrons. The Morgan fingerprint density at radius 2 is 1.90 bits per heavy atom. The molecule has 0 aliphatic carbocycles. The quantitative estimate of drug-likeness (QED) is 0.309. The summed E-state index contributed by atoms with van der Waals surface area (Å²) >= 11 is 0. The van der Waals surface area contributed by atoms with E-state index < -0.39 is 0 Å². The standard InChI is InChI=1S/C35H49N5O/c1-25-10-12-30(26(2)17-25)20-32(36)23-39-22-27(3)40(24-34(39)9-6-15-38-33-14-16-37-21-33)35(41)19-28-11-13-29-7-4-5-8-31(29)18-28/h4-5,7-8,10-13,17-18,27,32-34,37-38H,6,9,14-16,19-24,36H2,1-3H3. The zero-order valence-corrected chi connectivity index (χ0v) is 25.2. The zero-order chi connectivity index (χ0) is 28.8. The van der Waals surface area contributed by atoms with Crippen LogP contribution < -0.4 is 16.4 Å². The van der Waals surface area contributed by atoms with E-state index in [-0.39, 0.29) is 18.0 Å². The third-order valence-corrected chi connectivity index (χ3v) is 9.10. The molecule has 1 amide bonds. The summed E-state index contributed by atoms with van der Waals surface area (Å²) < 4.78 is 0. The van der Waals surface area contributed by atoms with Crippen LogP contribution in [0.3, 0.4) is 0 Å². The third-order valence-electron chi connectivity index (χ3n) is 9.10. The smallest absolute Gasteiger partial charge is 0.227 e. The first kappa shape index (κ1) is 29.7. The number of nitrogens with two attached hydrogens (primary N) is 1. The number of hydrogen-bond acceptors (Lipinski definition) is 5. The Kier molecular flexibility index (Phi) is 10.1. The van der Waals surface area contributed by atoms with E-state index >= 15 is 0 Å². The lowest BCUT2D eigenvalue weighted by Gasteiger charge is -2.46. The molecule has 3 aromatic rings. The summed E-state index contributed by atoms with van der Waals surface area (Å²) in [5.41, 5.74) is 11.8. The predicted molar refractivity (Wildman–Crippen MR) is 170 cm³/mol. The molecule has 3 aromatic carbocycles. The molecule has 2 aliphatic heterocycles. The van der Waals surface area contributed by atoms with Crippen molar-refractivity contribution in [1.82, 2.24) is 20.4 Å². The van der Waals surface area contributed by atoms with Crippen LogP contribution in [0, 0.1) is 13.8 Å². The molecule has 0 spiro atoms. The second-order valence-electron chi connectivity index (χ2n) is 12.5. The van der Waals surface area contributed by atoms with E-state index in [1.54, 1.807) is 0 Å². The first-order valence-electron chi connectivity index (χ1n) is 15.6. The maximum absolute atomic E-state index is 13.7. The van der Waals surface area contributed by atoms with Gasteiger partial charge in [0.2, 0.25) is 5.91 Å². The Morgan fingerprint density at radius 1 is 1.07 bits per heavy atom. The van der Waals surface area contributed by atoms with E-state index in [2.05, 4.69) is 102 Å². The van der Waals surface area contributed by atoms with Crippen molar-refractivity contribution in [3.63, 3.8) is 0 Å². The maximum atomic E-state index is 13.7. The van der Waals surface area contributed by atoms with Crippen LogP contribution in [0.5, 0.6) is 0 Å². The molecule has 6 heteroatoms. The van der Waals surface area contributed by atoms with E-state index in [1.807, 2.05) is 0 Å². The van der Waals surface area contributed by atoms with Crippen molar-refractivity contribution < 1.29 is 4.79 Å². The van der Waals surface area contributed by atoms with Gasteiger partial charge in [-0.05, 0) is 87.0 Å². The van der Waals surface area contributed by atoms with Crippen molar-refractivity contribution >= 4 is 16.7 Å². The van der Waals surface area contributed by atoms with Gasteiger partial charge in [-0.15, -0.1) is 0 Å². The average Bonchev–Trinajstić information content (AvgIpc) is 3.47. The minimum atomic E-state index is 0.0636. The number of carbonyl (C=O) groups is 1. The lowest BCUT2D eigenvalue weighted by Crippen LogP contribution is -2.61. The molecule has 41 heavy (non-hydrogen) atoms. The summed E-state index contributed by atoms with van der Waals surface area (Å²) in [7, 11) is 0. The maximum Gasteiger partial charge on any atom is 0.227 e. The monoisotopic (exact) mass is 555 g/mol. The second kappa shape index (κ2) is 13.9. The van der Waals surface area contributed by atoms with E-state index in [9.17, 15) is 4.79 Å². The van der Waals surface area contributed by atoms with E-state index in [0.717, 1.165) is 64.1 Å². The van der Waals surface area contributed by atoms with Crippen LogP contribution in [0.2, 0.25) is 0 Å². The fourth-order valence-corrected chi connectivity index (χ4v) is 6.78. The Labute approximate surface area is 246 Å². The number of benzene rings is 3. The Bertz CT molecular complexity index is 1300. The molecule has 0 aromatic heterocycles. The third kappa shape index (κ3) is 7.95. The van der Waals surface area contributed by atoms with E-state index in [4.69, 9.17) is 5.73 Å². The van der Waals surface area contributed by atoms with Crippen molar-refractivity contribution in [2.24, 2.45) is 5.73 Å². The molecule has 5 rings (SSSR count). The SMILES string of the molecule is Cc1ccc(CC(N)CN2CC(C)N(C(=O)Cc3ccc4ccccc4c3)CC2CCCNC2CCNC2)c(C)c1. The largest absolute Gasteiger partial charge is 0.337 e. The summed E-state index contributed by atoms with van der Waals surface area (Å²) in [6.07, 6.45) is 4.70. The molecule has 2 heterocycles. The van der Waals surface area contributed by atoms with Gasteiger partial charge >= 0.3 is 0 Å². The van der Waals surface area contributed by atoms with Crippen molar-refractivity contribution in [3.8, 4) is 0 Å². The van der Waals surface area contributed by atoms with Crippen molar-refractivity contribution in [2.75, 3.05) is 39.3 Å². The van der Waals surface area contributed by atoms with Crippen LogP contribution in [0.1, 0.15) is 48.4 Å². The number of nitrogens with one attached hydrogen (secondary N) is 2.